The van der Waals surface area contributed by atoms with E-state index >= 15 is 0 Å². The summed E-state index contributed by atoms with van der Waals surface area (Å²) in [6.07, 6.45) is -6.85. The van der Waals surface area contributed by atoms with Crippen LogP contribution in [0.1, 0.15) is 11.1 Å². The van der Waals surface area contributed by atoms with Gasteiger partial charge in [0.05, 0.1) is 22.5 Å². The maximum absolute atomic E-state index is 13.5. The average Bonchev–Trinajstić information content (AvgIpc) is 2.73. The predicted octanol–water partition coefficient (Wildman–Crippen LogP) is 5.29. The molecule has 0 unspecified atom stereocenters. The van der Waals surface area contributed by atoms with E-state index in [1.54, 1.807) is 18.3 Å². The van der Waals surface area contributed by atoms with Crippen LogP contribution in [0.15, 0.2) is 48.8 Å². The topological polar surface area (TPSA) is 66.0 Å². The van der Waals surface area contributed by atoms with E-state index in [4.69, 9.17) is 0 Å². The molecule has 12 heteroatoms. The standard InChI is InChI=1S/C21H20F6N6/c1-33(2)9-8-29-19-31-17(13-4-3-7-28-12-13)11-18(32-19)30-16-6-5-14(20(22,23)24)10-15(16)21(25,26)27/h3-7,10-12H,8-9H2,1-2H3,(H2,29,30,31,32). The van der Waals surface area contributed by atoms with Gasteiger partial charge in [-0.1, -0.05) is 0 Å². The number of hydrogen-bond acceptors (Lipinski definition) is 6. The number of anilines is 3. The lowest BCUT2D eigenvalue weighted by molar-refractivity contribution is -0.142. The molecule has 0 saturated carbocycles. The van der Waals surface area contributed by atoms with Gasteiger partial charge in [0, 0.05) is 37.1 Å². The smallest absolute Gasteiger partial charge is 0.353 e. The first-order valence-corrected chi connectivity index (χ1v) is 9.67. The Bertz CT molecular complexity index is 1080. The van der Waals surface area contributed by atoms with Crippen molar-refractivity contribution in [1.82, 2.24) is 19.9 Å². The first-order valence-electron chi connectivity index (χ1n) is 9.67. The maximum Gasteiger partial charge on any atom is 0.418 e. The highest BCUT2D eigenvalue weighted by molar-refractivity contribution is 5.68. The Balaban J connectivity index is 2.01. The molecule has 0 fully saturated rings. The van der Waals surface area contributed by atoms with E-state index in [1.807, 2.05) is 19.0 Å². The molecular weight excluding hydrogens is 450 g/mol. The zero-order valence-corrected chi connectivity index (χ0v) is 17.6. The summed E-state index contributed by atoms with van der Waals surface area (Å²) < 4.78 is 79.4. The molecule has 6 nitrogen and oxygen atoms in total. The molecule has 0 radical (unpaired) electrons. The van der Waals surface area contributed by atoms with Crippen molar-refractivity contribution in [3.8, 4) is 11.3 Å². The van der Waals surface area contributed by atoms with Gasteiger partial charge in [-0.3, -0.25) is 4.98 Å². The Kier molecular flexibility index (Phi) is 7.06. The van der Waals surface area contributed by atoms with Crippen LogP contribution in [0.5, 0.6) is 0 Å². The van der Waals surface area contributed by atoms with Crippen molar-refractivity contribution in [2.75, 3.05) is 37.8 Å². The lowest BCUT2D eigenvalue weighted by Gasteiger charge is -2.18. The minimum Gasteiger partial charge on any atom is -0.353 e. The molecule has 0 saturated heterocycles. The second-order valence-electron chi connectivity index (χ2n) is 7.31. The van der Waals surface area contributed by atoms with Gasteiger partial charge in [-0.15, -0.1) is 0 Å². The number of aromatic nitrogens is 3. The van der Waals surface area contributed by atoms with Crippen LogP contribution in [-0.4, -0.2) is 47.0 Å². The van der Waals surface area contributed by atoms with E-state index in [1.165, 1.54) is 12.3 Å². The number of likely N-dealkylation sites (N-methyl/N-ethyl adjacent to an activating group) is 1. The minimum absolute atomic E-state index is 0.0264. The lowest BCUT2D eigenvalue weighted by Crippen LogP contribution is -2.21. The van der Waals surface area contributed by atoms with E-state index in [9.17, 15) is 26.3 Å². The zero-order valence-electron chi connectivity index (χ0n) is 17.6. The fraction of sp³-hybridized carbons (Fsp3) is 0.286. The number of nitrogens with zero attached hydrogens (tertiary/aromatic N) is 4. The van der Waals surface area contributed by atoms with Crippen molar-refractivity contribution >= 4 is 17.5 Å². The molecule has 3 aromatic rings. The van der Waals surface area contributed by atoms with E-state index in [0.717, 1.165) is 6.07 Å². The Morgan fingerprint density at radius 3 is 2.30 bits per heavy atom. The van der Waals surface area contributed by atoms with Crippen molar-refractivity contribution in [2.24, 2.45) is 0 Å². The molecule has 176 valence electrons. The monoisotopic (exact) mass is 470 g/mol. The van der Waals surface area contributed by atoms with Gasteiger partial charge in [0.15, 0.2) is 0 Å². The van der Waals surface area contributed by atoms with Crippen LogP contribution in [0.2, 0.25) is 0 Å². The number of benzene rings is 1. The van der Waals surface area contributed by atoms with Crippen LogP contribution in [-0.2, 0) is 12.4 Å². The molecule has 33 heavy (non-hydrogen) atoms. The summed E-state index contributed by atoms with van der Waals surface area (Å²) >= 11 is 0. The van der Waals surface area contributed by atoms with Crippen LogP contribution < -0.4 is 10.6 Å². The number of pyridine rings is 1. The van der Waals surface area contributed by atoms with Crippen molar-refractivity contribution in [3.63, 3.8) is 0 Å². The molecule has 2 aromatic heterocycles. The summed E-state index contributed by atoms with van der Waals surface area (Å²) in [5.74, 6) is 0.114. The van der Waals surface area contributed by atoms with E-state index < -0.39 is 29.2 Å². The quantitative estimate of drug-likeness (QED) is 0.458. The van der Waals surface area contributed by atoms with Gasteiger partial charge >= 0.3 is 12.4 Å². The van der Waals surface area contributed by atoms with E-state index in [0.29, 0.717) is 30.4 Å². The number of alkyl halides is 6. The highest BCUT2D eigenvalue weighted by Crippen LogP contribution is 2.40. The molecule has 3 rings (SSSR count). The molecule has 2 heterocycles. The molecule has 2 N–H and O–H groups in total. The normalized spacial score (nSPS) is 12.2. The van der Waals surface area contributed by atoms with Crippen molar-refractivity contribution in [2.45, 2.75) is 12.4 Å². The van der Waals surface area contributed by atoms with Gasteiger partial charge in [0.2, 0.25) is 5.95 Å². The summed E-state index contributed by atoms with van der Waals surface area (Å²) in [5.41, 5.74) is -2.47. The van der Waals surface area contributed by atoms with Crippen LogP contribution in [0.3, 0.4) is 0 Å². The molecule has 0 spiro atoms. The largest absolute Gasteiger partial charge is 0.418 e. The van der Waals surface area contributed by atoms with E-state index in [2.05, 4.69) is 25.6 Å². The number of hydrogen-bond donors (Lipinski definition) is 2. The molecule has 0 atom stereocenters. The Morgan fingerprint density at radius 1 is 0.939 bits per heavy atom. The third kappa shape index (κ3) is 6.54. The second kappa shape index (κ2) is 9.61. The van der Waals surface area contributed by atoms with Crippen molar-refractivity contribution < 1.29 is 26.3 Å². The zero-order chi connectivity index (χ0) is 24.2. The van der Waals surface area contributed by atoms with Gasteiger partial charge in [-0.25, -0.2) is 4.98 Å². The van der Waals surface area contributed by atoms with Crippen molar-refractivity contribution in [3.05, 3.63) is 59.9 Å². The maximum atomic E-state index is 13.5. The van der Waals surface area contributed by atoms with Crippen LogP contribution >= 0.6 is 0 Å². The third-order valence-corrected chi connectivity index (χ3v) is 4.44. The molecule has 0 aliphatic heterocycles. The number of halogens is 6. The Hall–Kier alpha value is -3.41. The predicted molar refractivity (Wildman–Crippen MR) is 112 cm³/mol. The highest BCUT2D eigenvalue weighted by Gasteiger charge is 2.38. The summed E-state index contributed by atoms with van der Waals surface area (Å²) in [4.78, 5) is 14.5. The van der Waals surface area contributed by atoms with Gasteiger partial charge in [0.25, 0.3) is 0 Å². The molecule has 0 aliphatic rings. The first kappa shape index (κ1) is 24.2. The number of nitrogens with one attached hydrogen (secondary N) is 2. The van der Waals surface area contributed by atoms with Gasteiger partial charge in [-0.2, -0.15) is 31.3 Å². The van der Waals surface area contributed by atoms with Crippen LogP contribution in [0.25, 0.3) is 11.3 Å². The summed E-state index contributed by atoms with van der Waals surface area (Å²) in [7, 11) is 3.73. The second-order valence-corrected chi connectivity index (χ2v) is 7.31. The average molecular weight is 470 g/mol. The van der Waals surface area contributed by atoms with Gasteiger partial charge in [-0.05, 0) is 44.4 Å². The Labute approximate surface area is 185 Å². The third-order valence-electron chi connectivity index (χ3n) is 4.44. The van der Waals surface area contributed by atoms with Crippen LogP contribution in [0.4, 0.5) is 43.8 Å². The lowest BCUT2D eigenvalue weighted by atomic mass is 10.1. The first-order chi connectivity index (χ1) is 15.4. The van der Waals surface area contributed by atoms with Crippen molar-refractivity contribution in [1.29, 1.82) is 0 Å². The SMILES string of the molecule is CN(C)CCNc1nc(Nc2ccc(C(F)(F)F)cc2C(F)(F)F)cc(-c2cccnc2)n1. The molecular formula is C21H20F6N6. The molecule has 0 bridgehead atoms. The summed E-state index contributed by atoms with van der Waals surface area (Å²) in [5, 5.41) is 5.49. The van der Waals surface area contributed by atoms with Gasteiger partial charge < -0.3 is 15.5 Å². The number of rotatable bonds is 7. The Morgan fingerprint density at radius 2 is 1.70 bits per heavy atom. The molecule has 0 aliphatic carbocycles. The minimum atomic E-state index is -5.02. The molecule has 0 amide bonds. The van der Waals surface area contributed by atoms with Crippen LogP contribution in [0, 0.1) is 0 Å². The fourth-order valence-corrected chi connectivity index (χ4v) is 2.85. The summed E-state index contributed by atoms with van der Waals surface area (Å²) in [6.45, 7) is 1.09. The molecule has 1 aromatic carbocycles. The fourth-order valence-electron chi connectivity index (χ4n) is 2.85. The summed E-state index contributed by atoms with van der Waals surface area (Å²) in [6, 6.07) is 6.16. The highest BCUT2D eigenvalue weighted by atomic mass is 19.4. The van der Waals surface area contributed by atoms with Gasteiger partial charge in [0.1, 0.15) is 5.82 Å². The van der Waals surface area contributed by atoms with E-state index in [-0.39, 0.29) is 17.8 Å².